The van der Waals surface area contributed by atoms with Gasteiger partial charge in [-0.25, -0.2) is 0 Å². The maximum atomic E-state index is 12.1. The molecule has 1 aliphatic rings. The minimum absolute atomic E-state index is 0.0828. The van der Waals surface area contributed by atoms with E-state index in [1.807, 2.05) is 13.8 Å². The lowest BCUT2D eigenvalue weighted by molar-refractivity contribution is -0.134. The molecule has 0 radical (unpaired) electrons. The van der Waals surface area contributed by atoms with Crippen LogP contribution in [-0.2, 0) is 15.0 Å². The van der Waals surface area contributed by atoms with E-state index >= 15 is 0 Å². The standard InChI is InChI=1S/C12H26N4O3S/c1-10(2)9-11(13)12(17)15-5-7-16(8-6-15)20(18,19)14(3)4/h10-11H,5-9,13H2,1-4H3/t11-/m0/s1. The van der Waals surface area contributed by atoms with Crippen LogP contribution in [0.25, 0.3) is 0 Å². The zero-order chi connectivity index (χ0) is 15.5. The number of carbonyl (C=O) groups excluding carboxylic acids is 1. The van der Waals surface area contributed by atoms with Crippen molar-refractivity contribution >= 4 is 16.1 Å². The van der Waals surface area contributed by atoms with Crippen molar-refractivity contribution in [1.29, 1.82) is 0 Å². The molecule has 0 unspecified atom stereocenters. The first-order chi connectivity index (χ1) is 9.16. The van der Waals surface area contributed by atoms with Gasteiger partial charge in [-0.2, -0.15) is 17.0 Å². The Hall–Kier alpha value is -0.700. The van der Waals surface area contributed by atoms with Crippen LogP contribution in [0.4, 0.5) is 0 Å². The fraction of sp³-hybridized carbons (Fsp3) is 0.917. The minimum Gasteiger partial charge on any atom is -0.339 e. The molecule has 1 heterocycles. The maximum absolute atomic E-state index is 12.1. The van der Waals surface area contributed by atoms with Crippen molar-refractivity contribution in [2.75, 3.05) is 40.3 Å². The predicted molar refractivity (Wildman–Crippen MR) is 78.2 cm³/mol. The van der Waals surface area contributed by atoms with Crippen LogP contribution >= 0.6 is 0 Å². The summed E-state index contributed by atoms with van der Waals surface area (Å²) in [5.41, 5.74) is 5.89. The fourth-order valence-corrected chi connectivity index (χ4v) is 3.30. The second kappa shape index (κ2) is 6.84. The Morgan fingerprint density at radius 2 is 1.70 bits per heavy atom. The molecule has 7 nitrogen and oxygen atoms in total. The van der Waals surface area contributed by atoms with Crippen LogP contribution in [-0.4, -0.2) is 74.2 Å². The molecule has 0 saturated carbocycles. The van der Waals surface area contributed by atoms with Gasteiger partial charge in [-0.05, 0) is 12.3 Å². The molecule has 0 aliphatic carbocycles. The summed E-state index contributed by atoms with van der Waals surface area (Å²) >= 11 is 0. The van der Waals surface area contributed by atoms with Crippen molar-refractivity contribution in [3.63, 3.8) is 0 Å². The highest BCUT2D eigenvalue weighted by molar-refractivity contribution is 7.86. The number of hydrogen-bond donors (Lipinski definition) is 1. The quantitative estimate of drug-likeness (QED) is 0.728. The molecule has 0 aromatic heterocycles. The van der Waals surface area contributed by atoms with Gasteiger partial charge in [0.15, 0.2) is 0 Å². The van der Waals surface area contributed by atoms with E-state index in [1.165, 1.54) is 22.7 Å². The normalized spacial score (nSPS) is 19.6. The molecule has 1 atom stereocenters. The zero-order valence-corrected chi connectivity index (χ0v) is 13.6. The van der Waals surface area contributed by atoms with E-state index in [4.69, 9.17) is 5.73 Å². The first kappa shape index (κ1) is 17.4. The number of carbonyl (C=O) groups is 1. The third-order valence-corrected chi connectivity index (χ3v) is 5.32. The lowest BCUT2D eigenvalue weighted by Crippen LogP contribution is -2.56. The highest BCUT2D eigenvalue weighted by Crippen LogP contribution is 2.12. The number of nitrogens with two attached hydrogens (primary N) is 1. The van der Waals surface area contributed by atoms with Crippen molar-refractivity contribution in [2.24, 2.45) is 11.7 Å². The maximum Gasteiger partial charge on any atom is 0.281 e. The lowest BCUT2D eigenvalue weighted by atomic mass is 10.0. The van der Waals surface area contributed by atoms with Gasteiger partial charge < -0.3 is 10.6 Å². The molecular formula is C12H26N4O3S. The van der Waals surface area contributed by atoms with Gasteiger partial charge in [0.25, 0.3) is 10.2 Å². The molecule has 1 aliphatic heterocycles. The summed E-state index contributed by atoms with van der Waals surface area (Å²) in [6, 6.07) is -0.494. The second-order valence-electron chi connectivity index (χ2n) is 5.75. The van der Waals surface area contributed by atoms with Crippen LogP contribution in [0.5, 0.6) is 0 Å². The molecule has 118 valence electrons. The lowest BCUT2D eigenvalue weighted by Gasteiger charge is -2.36. The third kappa shape index (κ3) is 4.15. The minimum atomic E-state index is -3.39. The predicted octanol–water partition coefficient (Wildman–Crippen LogP) is -0.690. The fourth-order valence-electron chi connectivity index (χ4n) is 2.21. The van der Waals surface area contributed by atoms with Crippen LogP contribution < -0.4 is 5.73 Å². The average Bonchev–Trinajstić information content (AvgIpc) is 2.37. The van der Waals surface area contributed by atoms with Gasteiger partial charge in [0.1, 0.15) is 0 Å². The van der Waals surface area contributed by atoms with Gasteiger partial charge in [-0.15, -0.1) is 0 Å². The van der Waals surface area contributed by atoms with Gasteiger partial charge in [0.05, 0.1) is 6.04 Å². The second-order valence-corrected chi connectivity index (χ2v) is 7.89. The molecule has 0 aromatic carbocycles. The molecule has 1 fully saturated rings. The highest BCUT2D eigenvalue weighted by atomic mass is 32.2. The Morgan fingerprint density at radius 3 is 2.10 bits per heavy atom. The number of rotatable bonds is 5. The first-order valence-electron chi connectivity index (χ1n) is 6.88. The summed E-state index contributed by atoms with van der Waals surface area (Å²) in [5.74, 6) is 0.282. The molecular weight excluding hydrogens is 280 g/mol. The summed E-state index contributed by atoms with van der Waals surface area (Å²) < 4.78 is 26.5. The van der Waals surface area contributed by atoms with Crippen LogP contribution in [0, 0.1) is 5.92 Å². The molecule has 1 amide bonds. The van der Waals surface area contributed by atoms with Gasteiger partial charge in [-0.3, -0.25) is 4.79 Å². The van der Waals surface area contributed by atoms with Crippen LogP contribution in [0.1, 0.15) is 20.3 Å². The average molecular weight is 306 g/mol. The Balaban J connectivity index is 2.56. The summed E-state index contributed by atoms with van der Waals surface area (Å²) in [4.78, 5) is 13.8. The van der Waals surface area contributed by atoms with E-state index in [-0.39, 0.29) is 5.91 Å². The zero-order valence-electron chi connectivity index (χ0n) is 12.7. The summed E-state index contributed by atoms with van der Waals surface area (Å²) in [7, 11) is -0.380. The van der Waals surface area contributed by atoms with E-state index in [0.29, 0.717) is 38.5 Å². The molecule has 1 saturated heterocycles. The van der Waals surface area contributed by atoms with Crippen molar-refractivity contribution in [1.82, 2.24) is 13.5 Å². The number of piperazine rings is 1. The summed E-state index contributed by atoms with van der Waals surface area (Å²) in [6.45, 7) is 5.49. The number of amides is 1. The van der Waals surface area contributed by atoms with E-state index in [1.54, 1.807) is 4.90 Å². The molecule has 2 N–H and O–H groups in total. The Morgan fingerprint density at radius 1 is 1.20 bits per heavy atom. The van der Waals surface area contributed by atoms with Crippen LogP contribution in [0.2, 0.25) is 0 Å². The van der Waals surface area contributed by atoms with Crippen molar-refractivity contribution in [3.05, 3.63) is 0 Å². The van der Waals surface area contributed by atoms with Gasteiger partial charge in [0, 0.05) is 40.3 Å². The number of hydrogen-bond acceptors (Lipinski definition) is 4. The molecule has 0 bridgehead atoms. The third-order valence-electron chi connectivity index (χ3n) is 3.38. The van der Waals surface area contributed by atoms with E-state index < -0.39 is 16.3 Å². The smallest absolute Gasteiger partial charge is 0.281 e. The molecule has 1 rings (SSSR count). The van der Waals surface area contributed by atoms with Crippen molar-refractivity contribution in [3.8, 4) is 0 Å². The van der Waals surface area contributed by atoms with E-state index in [9.17, 15) is 13.2 Å². The largest absolute Gasteiger partial charge is 0.339 e. The van der Waals surface area contributed by atoms with Gasteiger partial charge >= 0.3 is 0 Å². The SMILES string of the molecule is CC(C)C[C@H](N)C(=O)N1CCN(S(=O)(=O)N(C)C)CC1. The monoisotopic (exact) mass is 306 g/mol. The molecule has 0 spiro atoms. The summed E-state index contributed by atoms with van der Waals surface area (Å²) in [6.07, 6.45) is 0.648. The molecule has 20 heavy (non-hydrogen) atoms. The van der Waals surface area contributed by atoms with Crippen LogP contribution in [0.3, 0.4) is 0 Å². The molecule has 0 aromatic rings. The van der Waals surface area contributed by atoms with Crippen molar-refractivity contribution < 1.29 is 13.2 Å². The van der Waals surface area contributed by atoms with Gasteiger partial charge in [0.2, 0.25) is 5.91 Å². The van der Waals surface area contributed by atoms with E-state index in [0.717, 1.165) is 0 Å². The Bertz CT molecular complexity index is 428. The van der Waals surface area contributed by atoms with Crippen LogP contribution in [0.15, 0.2) is 0 Å². The first-order valence-corrected chi connectivity index (χ1v) is 8.28. The Labute approximate surface area is 121 Å². The Kier molecular flexibility index (Phi) is 5.93. The summed E-state index contributed by atoms with van der Waals surface area (Å²) in [5, 5.41) is 0. The van der Waals surface area contributed by atoms with Gasteiger partial charge in [-0.1, -0.05) is 13.8 Å². The molecule has 8 heteroatoms. The number of nitrogens with zero attached hydrogens (tertiary/aromatic N) is 3. The topological polar surface area (TPSA) is 87.0 Å². The van der Waals surface area contributed by atoms with Crippen molar-refractivity contribution in [2.45, 2.75) is 26.3 Å². The van der Waals surface area contributed by atoms with E-state index in [2.05, 4.69) is 0 Å². The highest BCUT2D eigenvalue weighted by Gasteiger charge is 2.31.